The number of rotatable bonds is 4. The normalized spacial score (nSPS) is 12.2. The lowest BCUT2D eigenvalue weighted by atomic mass is 10.1. The van der Waals surface area contributed by atoms with Gasteiger partial charge in [-0.3, -0.25) is 0 Å². The van der Waals surface area contributed by atoms with E-state index in [0.717, 1.165) is 16.9 Å². The molecule has 1 heterocycles. The summed E-state index contributed by atoms with van der Waals surface area (Å²) in [7, 11) is 0. The molecule has 0 aliphatic heterocycles. The summed E-state index contributed by atoms with van der Waals surface area (Å²) in [5.41, 5.74) is 1.72. The van der Waals surface area contributed by atoms with Crippen LogP contribution in [0.3, 0.4) is 0 Å². The Balaban J connectivity index is 2.17. The minimum atomic E-state index is -0.804. The smallest absolute Gasteiger partial charge is 0.161 e. The largest absolute Gasteiger partial charge is 0.494 e. The summed E-state index contributed by atoms with van der Waals surface area (Å²) in [6, 6.07) is 7.30. The van der Waals surface area contributed by atoms with E-state index in [-0.39, 0.29) is 0 Å². The number of hydrogen-bond acceptors (Lipinski definition) is 4. The van der Waals surface area contributed by atoms with Gasteiger partial charge < -0.3 is 9.84 Å². The Bertz CT molecular complexity index is 494. The molecular formula is C14H16N2O2. The fraction of sp³-hybridized carbons (Fsp3) is 0.286. The summed E-state index contributed by atoms with van der Waals surface area (Å²) < 4.78 is 5.35. The van der Waals surface area contributed by atoms with Crippen molar-refractivity contribution in [2.75, 3.05) is 6.61 Å². The quantitative estimate of drug-likeness (QED) is 0.896. The molecule has 1 aromatic carbocycles. The molecule has 0 saturated heterocycles. The molecule has 2 rings (SSSR count). The molecule has 1 atom stereocenters. The van der Waals surface area contributed by atoms with Crippen LogP contribution < -0.4 is 4.74 Å². The SMILES string of the molecule is CCOc1ccc(C(O)c2ncc(C)cn2)cc1. The molecule has 1 unspecified atom stereocenters. The van der Waals surface area contributed by atoms with Gasteiger partial charge in [-0.2, -0.15) is 0 Å². The van der Waals surface area contributed by atoms with Gasteiger partial charge in [0.15, 0.2) is 5.82 Å². The lowest BCUT2D eigenvalue weighted by molar-refractivity contribution is 0.209. The monoisotopic (exact) mass is 244 g/mol. The Hall–Kier alpha value is -1.94. The van der Waals surface area contributed by atoms with Gasteiger partial charge in [0.1, 0.15) is 11.9 Å². The van der Waals surface area contributed by atoms with Crippen molar-refractivity contribution in [3.63, 3.8) is 0 Å². The van der Waals surface area contributed by atoms with Gasteiger partial charge in [-0.1, -0.05) is 12.1 Å². The zero-order valence-electron chi connectivity index (χ0n) is 10.5. The van der Waals surface area contributed by atoms with Gasteiger partial charge in [0.25, 0.3) is 0 Å². The topological polar surface area (TPSA) is 55.2 Å². The van der Waals surface area contributed by atoms with E-state index in [1.54, 1.807) is 12.4 Å². The van der Waals surface area contributed by atoms with E-state index >= 15 is 0 Å². The molecule has 1 aromatic heterocycles. The Kier molecular flexibility index (Phi) is 3.89. The van der Waals surface area contributed by atoms with Gasteiger partial charge in [0.2, 0.25) is 0 Å². The van der Waals surface area contributed by atoms with Crippen LogP contribution in [0.25, 0.3) is 0 Å². The average molecular weight is 244 g/mol. The van der Waals surface area contributed by atoms with Gasteiger partial charge in [0.05, 0.1) is 6.61 Å². The zero-order valence-corrected chi connectivity index (χ0v) is 10.5. The van der Waals surface area contributed by atoms with Crippen molar-refractivity contribution in [3.8, 4) is 5.75 Å². The van der Waals surface area contributed by atoms with Crippen molar-refractivity contribution in [2.45, 2.75) is 20.0 Å². The van der Waals surface area contributed by atoms with Crippen LogP contribution in [0.1, 0.15) is 30.0 Å². The second kappa shape index (κ2) is 5.60. The third-order valence-electron chi connectivity index (χ3n) is 2.55. The van der Waals surface area contributed by atoms with Crippen LogP contribution in [-0.4, -0.2) is 21.7 Å². The van der Waals surface area contributed by atoms with E-state index in [2.05, 4.69) is 9.97 Å². The number of aromatic nitrogens is 2. The van der Waals surface area contributed by atoms with E-state index in [4.69, 9.17) is 4.74 Å². The maximum atomic E-state index is 10.1. The van der Waals surface area contributed by atoms with Crippen molar-refractivity contribution in [2.24, 2.45) is 0 Å². The van der Waals surface area contributed by atoms with Crippen molar-refractivity contribution in [1.82, 2.24) is 9.97 Å². The number of hydrogen-bond donors (Lipinski definition) is 1. The number of nitrogens with zero attached hydrogens (tertiary/aromatic N) is 2. The van der Waals surface area contributed by atoms with Crippen LogP contribution in [0.4, 0.5) is 0 Å². The number of aryl methyl sites for hydroxylation is 1. The Labute approximate surface area is 106 Å². The Morgan fingerprint density at radius 1 is 1.17 bits per heavy atom. The summed E-state index contributed by atoms with van der Waals surface area (Å²) in [5.74, 6) is 1.20. The molecule has 18 heavy (non-hydrogen) atoms. The number of benzene rings is 1. The molecule has 0 fully saturated rings. The van der Waals surface area contributed by atoms with Crippen LogP contribution in [0.2, 0.25) is 0 Å². The summed E-state index contributed by atoms with van der Waals surface area (Å²) in [4.78, 5) is 8.24. The number of aliphatic hydroxyl groups is 1. The van der Waals surface area contributed by atoms with E-state index in [1.807, 2.05) is 38.1 Å². The molecule has 94 valence electrons. The Morgan fingerprint density at radius 3 is 2.33 bits per heavy atom. The predicted octanol–water partition coefficient (Wildman–Crippen LogP) is 2.27. The standard InChI is InChI=1S/C14H16N2O2/c1-3-18-12-6-4-11(5-7-12)13(17)14-15-8-10(2)9-16-14/h4-9,13,17H,3H2,1-2H3. The van der Waals surface area contributed by atoms with E-state index in [9.17, 15) is 5.11 Å². The van der Waals surface area contributed by atoms with E-state index < -0.39 is 6.10 Å². The minimum Gasteiger partial charge on any atom is -0.494 e. The predicted molar refractivity (Wildman–Crippen MR) is 68.4 cm³/mol. The molecule has 0 aliphatic carbocycles. The van der Waals surface area contributed by atoms with Gasteiger partial charge in [-0.25, -0.2) is 9.97 Å². The molecule has 1 N–H and O–H groups in total. The van der Waals surface area contributed by atoms with Gasteiger partial charge in [0, 0.05) is 12.4 Å². The fourth-order valence-electron chi connectivity index (χ4n) is 1.61. The van der Waals surface area contributed by atoms with E-state index in [0.29, 0.717) is 12.4 Å². The summed E-state index contributed by atoms with van der Waals surface area (Å²) in [6.07, 6.45) is 2.58. The Morgan fingerprint density at radius 2 is 1.78 bits per heavy atom. The van der Waals surface area contributed by atoms with Crippen LogP contribution in [0, 0.1) is 6.92 Å². The first-order valence-corrected chi connectivity index (χ1v) is 5.90. The van der Waals surface area contributed by atoms with Crippen LogP contribution in [-0.2, 0) is 0 Å². The van der Waals surface area contributed by atoms with Gasteiger partial charge in [-0.15, -0.1) is 0 Å². The third kappa shape index (κ3) is 2.84. The molecule has 4 nitrogen and oxygen atoms in total. The second-order valence-electron chi connectivity index (χ2n) is 4.02. The number of ether oxygens (including phenoxy) is 1. The zero-order chi connectivity index (χ0) is 13.0. The van der Waals surface area contributed by atoms with Crippen LogP contribution in [0.5, 0.6) is 5.75 Å². The molecule has 4 heteroatoms. The van der Waals surface area contributed by atoms with Crippen molar-refractivity contribution in [1.29, 1.82) is 0 Å². The third-order valence-corrected chi connectivity index (χ3v) is 2.55. The van der Waals surface area contributed by atoms with Gasteiger partial charge >= 0.3 is 0 Å². The maximum Gasteiger partial charge on any atom is 0.161 e. The van der Waals surface area contributed by atoms with Gasteiger partial charge in [-0.05, 0) is 37.1 Å². The molecule has 2 aromatic rings. The molecule has 0 saturated carbocycles. The molecular weight excluding hydrogens is 228 g/mol. The van der Waals surface area contributed by atoms with E-state index in [1.165, 1.54) is 0 Å². The van der Waals surface area contributed by atoms with Crippen molar-refractivity contribution in [3.05, 3.63) is 53.6 Å². The minimum absolute atomic E-state index is 0.407. The van der Waals surface area contributed by atoms with Crippen LogP contribution in [0.15, 0.2) is 36.7 Å². The maximum absolute atomic E-state index is 10.1. The lowest BCUT2D eigenvalue weighted by Crippen LogP contribution is -2.05. The molecule has 0 amide bonds. The average Bonchev–Trinajstić information content (AvgIpc) is 2.40. The fourth-order valence-corrected chi connectivity index (χ4v) is 1.61. The highest BCUT2D eigenvalue weighted by atomic mass is 16.5. The van der Waals surface area contributed by atoms with Crippen molar-refractivity contribution >= 4 is 0 Å². The summed E-state index contributed by atoms with van der Waals surface area (Å²) >= 11 is 0. The molecule has 0 spiro atoms. The molecule has 0 aliphatic rings. The highest BCUT2D eigenvalue weighted by Gasteiger charge is 2.12. The number of aliphatic hydroxyl groups excluding tert-OH is 1. The first kappa shape index (κ1) is 12.5. The second-order valence-corrected chi connectivity index (χ2v) is 4.02. The lowest BCUT2D eigenvalue weighted by Gasteiger charge is -2.10. The first-order chi connectivity index (χ1) is 8.70. The summed E-state index contributed by atoms with van der Waals surface area (Å²) in [5, 5.41) is 10.1. The summed E-state index contributed by atoms with van der Waals surface area (Å²) in [6.45, 7) is 4.47. The highest BCUT2D eigenvalue weighted by molar-refractivity contribution is 5.30. The highest BCUT2D eigenvalue weighted by Crippen LogP contribution is 2.21. The van der Waals surface area contributed by atoms with Crippen LogP contribution >= 0.6 is 0 Å². The molecule has 0 radical (unpaired) electrons. The van der Waals surface area contributed by atoms with Crippen molar-refractivity contribution < 1.29 is 9.84 Å². The molecule has 0 bridgehead atoms. The first-order valence-electron chi connectivity index (χ1n) is 5.90.